The van der Waals surface area contributed by atoms with E-state index in [4.69, 9.17) is 5.11 Å². The number of anilines is 1. The highest BCUT2D eigenvalue weighted by Gasteiger charge is 2.13. The molecule has 4 heteroatoms. The molecule has 18 heavy (non-hydrogen) atoms. The van der Waals surface area contributed by atoms with Crippen LogP contribution < -0.4 is 4.90 Å². The smallest absolute Gasteiger partial charge is 0.0772 e. The van der Waals surface area contributed by atoms with Gasteiger partial charge in [0.15, 0.2) is 0 Å². The molecule has 0 aliphatic rings. The van der Waals surface area contributed by atoms with Crippen LogP contribution in [0.4, 0.5) is 5.69 Å². The topological polar surface area (TPSA) is 43.7 Å². The second kappa shape index (κ2) is 7.12. The monoisotopic (exact) mass is 315 g/mol. The number of halogens is 1. The summed E-state index contributed by atoms with van der Waals surface area (Å²) in [6.45, 7) is 7.05. The number of nitrogens with zero attached hydrogens (tertiary/aromatic N) is 1. The van der Waals surface area contributed by atoms with E-state index < -0.39 is 6.10 Å². The van der Waals surface area contributed by atoms with Crippen molar-refractivity contribution in [2.45, 2.75) is 39.3 Å². The number of benzene rings is 1. The lowest BCUT2D eigenvalue weighted by Crippen LogP contribution is -2.32. The first kappa shape index (κ1) is 15.5. The molecule has 0 aliphatic carbocycles. The van der Waals surface area contributed by atoms with Gasteiger partial charge >= 0.3 is 0 Å². The predicted molar refractivity (Wildman–Crippen MR) is 79.0 cm³/mol. The van der Waals surface area contributed by atoms with E-state index in [0.717, 1.165) is 28.7 Å². The molecule has 0 fully saturated rings. The molecule has 0 amide bonds. The summed E-state index contributed by atoms with van der Waals surface area (Å²) in [6.07, 6.45) is 0.284. The Bertz CT molecular complexity index is 380. The highest BCUT2D eigenvalue weighted by atomic mass is 79.9. The van der Waals surface area contributed by atoms with Crippen LogP contribution in [0.2, 0.25) is 0 Å². The second-order valence-electron chi connectivity index (χ2n) is 4.75. The Balaban J connectivity index is 2.95. The van der Waals surface area contributed by atoms with Crippen molar-refractivity contribution in [1.82, 2.24) is 0 Å². The SMILES string of the molecule is CC(O)c1ccc(N(CCCO)C(C)C)cc1Br. The summed E-state index contributed by atoms with van der Waals surface area (Å²) in [5.41, 5.74) is 2.00. The average Bonchev–Trinajstić information content (AvgIpc) is 2.28. The van der Waals surface area contributed by atoms with Gasteiger partial charge in [-0.3, -0.25) is 0 Å². The summed E-state index contributed by atoms with van der Waals surface area (Å²) in [7, 11) is 0. The number of hydrogen-bond donors (Lipinski definition) is 2. The van der Waals surface area contributed by atoms with Crippen LogP contribution >= 0.6 is 15.9 Å². The van der Waals surface area contributed by atoms with Crippen molar-refractivity contribution in [2.24, 2.45) is 0 Å². The molecule has 1 aromatic carbocycles. The lowest BCUT2D eigenvalue weighted by molar-refractivity contribution is 0.198. The maximum Gasteiger partial charge on any atom is 0.0772 e. The number of aliphatic hydroxyl groups excluding tert-OH is 2. The molecule has 2 N–H and O–H groups in total. The Morgan fingerprint density at radius 2 is 1.94 bits per heavy atom. The van der Waals surface area contributed by atoms with Crippen molar-refractivity contribution in [3.63, 3.8) is 0 Å². The van der Waals surface area contributed by atoms with Crippen LogP contribution in [0.1, 0.15) is 38.9 Å². The van der Waals surface area contributed by atoms with E-state index in [0.29, 0.717) is 6.04 Å². The molecule has 0 saturated carbocycles. The fourth-order valence-corrected chi connectivity index (χ4v) is 2.66. The summed E-state index contributed by atoms with van der Waals surface area (Å²) < 4.78 is 0.921. The molecule has 1 aromatic rings. The quantitative estimate of drug-likeness (QED) is 0.847. The van der Waals surface area contributed by atoms with Crippen LogP contribution in [0.25, 0.3) is 0 Å². The van der Waals surface area contributed by atoms with Gasteiger partial charge in [-0.2, -0.15) is 0 Å². The van der Waals surface area contributed by atoms with Crippen molar-refractivity contribution in [3.05, 3.63) is 28.2 Å². The fourth-order valence-electron chi connectivity index (χ4n) is 1.96. The molecular formula is C14H22BrNO2. The van der Waals surface area contributed by atoms with Crippen molar-refractivity contribution >= 4 is 21.6 Å². The van der Waals surface area contributed by atoms with Gasteiger partial charge in [0.05, 0.1) is 6.10 Å². The van der Waals surface area contributed by atoms with Crippen molar-refractivity contribution < 1.29 is 10.2 Å². The zero-order valence-electron chi connectivity index (χ0n) is 11.2. The van der Waals surface area contributed by atoms with Crippen LogP contribution in [0.3, 0.4) is 0 Å². The zero-order chi connectivity index (χ0) is 13.7. The molecule has 0 bridgehead atoms. The van der Waals surface area contributed by atoms with E-state index in [1.165, 1.54) is 0 Å². The van der Waals surface area contributed by atoms with E-state index in [1.807, 2.05) is 18.2 Å². The van der Waals surface area contributed by atoms with Crippen molar-refractivity contribution in [3.8, 4) is 0 Å². The van der Waals surface area contributed by atoms with E-state index in [2.05, 4.69) is 34.7 Å². The summed E-state index contributed by atoms with van der Waals surface area (Å²) >= 11 is 3.50. The van der Waals surface area contributed by atoms with Crippen LogP contribution in [0.5, 0.6) is 0 Å². The molecule has 0 saturated heterocycles. The molecule has 0 heterocycles. The van der Waals surface area contributed by atoms with E-state index >= 15 is 0 Å². The Morgan fingerprint density at radius 1 is 1.28 bits per heavy atom. The molecular weight excluding hydrogens is 294 g/mol. The van der Waals surface area contributed by atoms with Crippen LogP contribution in [0.15, 0.2) is 22.7 Å². The predicted octanol–water partition coefficient (Wildman–Crippen LogP) is 3.10. The summed E-state index contributed by atoms with van der Waals surface area (Å²) in [5, 5.41) is 18.6. The molecule has 1 atom stereocenters. The largest absolute Gasteiger partial charge is 0.396 e. The first-order chi connectivity index (χ1) is 8.47. The molecule has 1 rings (SSSR count). The maximum absolute atomic E-state index is 9.61. The standard InChI is InChI=1S/C14H22BrNO2/c1-10(2)16(7-4-8-17)12-5-6-13(11(3)18)14(15)9-12/h5-6,9-11,17-18H,4,7-8H2,1-3H3. The zero-order valence-corrected chi connectivity index (χ0v) is 12.8. The first-order valence-corrected chi connectivity index (χ1v) is 7.11. The van der Waals surface area contributed by atoms with Crippen molar-refractivity contribution in [1.29, 1.82) is 0 Å². The molecule has 0 aliphatic heterocycles. The molecule has 3 nitrogen and oxygen atoms in total. The van der Waals surface area contributed by atoms with Crippen LogP contribution in [0, 0.1) is 0 Å². The van der Waals surface area contributed by atoms with Gasteiger partial charge in [0, 0.05) is 29.4 Å². The average molecular weight is 316 g/mol. The van der Waals surface area contributed by atoms with Crippen molar-refractivity contribution in [2.75, 3.05) is 18.1 Å². The van der Waals surface area contributed by atoms with E-state index in [9.17, 15) is 5.11 Å². The Morgan fingerprint density at radius 3 is 2.39 bits per heavy atom. The minimum absolute atomic E-state index is 0.205. The summed E-state index contributed by atoms with van der Waals surface area (Å²) in [6, 6.07) is 6.36. The molecule has 102 valence electrons. The van der Waals surface area contributed by atoms with Gasteiger partial charge < -0.3 is 15.1 Å². The second-order valence-corrected chi connectivity index (χ2v) is 5.60. The van der Waals surface area contributed by atoms with Gasteiger partial charge in [-0.1, -0.05) is 22.0 Å². The summed E-state index contributed by atoms with van der Waals surface area (Å²) in [4.78, 5) is 2.24. The maximum atomic E-state index is 9.61. The molecule has 1 unspecified atom stereocenters. The first-order valence-electron chi connectivity index (χ1n) is 6.32. The van der Waals surface area contributed by atoms with Crippen LogP contribution in [-0.2, 0) is 0 Å². The van der Waals surface area contributed by atoms with E-state index in [-0.39, 0.29) is 6.61 Å². The van der Waals surface area contributed by atoms with Gasteiger partial charge in [-0.05, 0) is 44.9 Å². The number of hydrogen-bond acceptors (Lipinski definition) is 3. The third-order valence-electron chi connectivity index (χ3n) is 2.95. The van der Waals surface area contributed by atoms with Gasteiger partial charge in [0.2, 0.25) is 0 Å². The number of aliphatic hydroxyl groups is 2. The highest BCUT2D eigenvalue weighted by molar-refractivity contribution is 9.10. The fraction of sp³-hybridized carbons (Fsp3) is 0.571. The third-order valence-corrected chi connectivity index (χ3v) is 3.63. The normalized spacial score (nSPS) is 12.8. The van der Waals surface area contributed by atoms with E-state index in [1.54, 1.807) is 6.92 Å². The lowest BCUT2D eigenvalue weighted by atomic mass is 10.1. The van der Waals surface area contributed by atoms with Gasteiger partial charge in [-0.15, -0.1) is 0 Å². The van der Waals surface area contributed by atoms with Gasteiger partial charge in [0.1, 0.15) is 0 Å². The third kappa shape index (κ3) is 3.97. The Kier molecular flexibility index (Phi) is 6.12. The lowest BCUT2D eigenvalue weighted by Gasteiger charge is -2.29. The van der Waals surface area contributed by atoms with Gasteiger partial charge in [0.25, 0.3) is 0 Å². The van der Waals surface area contributed by atoms with Gasteiger partial charge in [-0.25, -0.2) is 0 Å². The minimum Gasteiger partial charge on any atom is -0.396 e. The minimum atomic E-state index is -0.474. The molecule has 0 aromatic heterocycles. The Labute approximate surface area is 118 Å². The summed E-state index contributed by atoms with van der Waals surface area (Å²) in [5.74, 6) is 0. The Hall–Kier alpha value is -0.580. The highest BCUT2D eigenvalue weighted by Crippen LogP contribution is 2.29. The molecule has 0 radical (unpaired) electrons. The van der Waals surface area contributed by atoms with Crippen LogP contribution in [-0.4, -0.2) is 29.4 Å². The molecule has 0 spiro atoms. The number of rotatable bonds is 6.